The SMILES string of the molecule is Cc1ccc(F)c(C(=O)N2CCCC(C)C2C)c1. The van der Waals surface area contributed by atoms with E-state index in [0.29, 0.717) is 5.92 Å². The molecule has 1 heterocycles. The van der Waals surface area contributed by atoms with Gasteiger partial charge < -0.3 is 4.90 Å². The molecule has 0 bridgehead atoms. The van der Waals surface area contributed by atoms with E-state index in [1.54, 1.807) is 12.1 Å². The van der Waals surface area contributed by atoms with Crippen molar-refractivity contribution in [1.29, 1.82) is 0 Å². The monoisotopic (exact) mass is 249 g/mol. The van der Waals surface area contributed by atoms with Crippen LogP contribution in [0.2, 0.25) is 0 Å². The van der Waals surface area contributed by atoms with Gasteiger partial charge in [0.15, 0.2) is 0 Å². The van der Waals surface area contributed by atoms with Crippen LogP contribution in [-0.4, -0.2) is 23.4 Å². The molecule has 18 heavy (non-hydrogen) atoms. The fourth-order valence-corrected chi connectivity index (χ4v) is 2.58. The molecule has 1 amide bonds. The average Bonchev–Trinajstić information content (AvgIpc) is 2.35. The van der Waals surface area contributed by atoms with Crippen molar-refractivity contribution in [3.05, 3.63) is 35.1 Å². The summed E-state index contributed by atoms with van der Waals surface area (Å²) in [6, 6.07) is 4.89. The minimum atomic E-state index is -0.420. The summed E-state index contributed by atoms with van der Waals surface area (Å²) >= 11 is 0. The Kier molecular flexibility index (Phi) is 3.69. The Morgan fingerprint density at radius 3 is 2.83 bits per heavy atom. The van der Waals surface area contributed by atoms with Crippen molar-refractivity contribution in [2.75, 3.05) is 6.54 Å². The van der Waals surface area contributed by atoms with Crippen LogP contribution in [0.15, 0.2) is 18.2 Å². The van der Waals surface area contributed by atoms with E-state index in [0.717, 1.165) is 24.9 Å². The number of aryl methyl sites for hydroxylation is 1. The molecule has 2 unspecified atom stereocenters. The van der Waals surface area contributed by atoms with Gasteiger partial charge in [0, 0.05) is 12.6 Å². The van der Waals surface area contributed by atoms with Gasteiger partial charge in [0.2, 0.25) is 0 Å². The van der Waals surface area contributed by atoms with Gasteiger partial charge in [-0.15, -0.1) is 0 Å². The van der Waals surface area contributed by atoms with E-state index in [1.165, 1.54) is 6.07 Å². The van der Waals surface area contributed by atoms with Gasteiger partial charge in [-0.2, -0.15) is 0 Å². The van der Waals surface area contributed by atoms with Crippen LogP contribution in [0, 0.1) is 18.7 Å². The number of rotatable bonds is 1. The van der Waals surface area contributed by atoms with Crippen LogP contribution in [0.3, 0.4) is 0 Å². The molecule has 0 aromatic heterocycles. The molecule has 0 saturated carbocycles. The number of piperidine rings is 1. The van der Waals surface area contributed by atoms with Crippen LogP contribution >= 0.6 is 0 Å². The highest BCUT2D eigenvalue weighted by molar-refractivity contribution is 5.95. The van der Waals surface area contributed by atoms with Gasteiger partial charge in [0.1, 0.15) is 5.82 Å². The first-order valence-corrected chi connectivity index (χ1v) is 6.58. The van der Waals surface area contributed by atoms with E-state index in [-0.39, 0.29) is 17.5 Å². The Bertz CT molecular complexity index is 458. The third-order valence-electron chi connectivity index (χ3n) is 3.99. The van der Waals surface area contributed by atoms with E-state index >= 15 is 0 Å². The van der Waals surface area contributed by atoms with E-state index in [4.69, 9.17) is 0 Å². The van der Waals surface area contributed by atoms with Crippen LogP contribution in [-0.2, 0) is 0 Å². The number of benzene rings is 1. The lowest BCUT2D eigenvalue weighted by molar-refractivity contribution is 0.0546. The van der Waals surface area contributed by atoms with Gasteiger partial charge in [0.05, 0.1) is 5.56 Å². The van der Waals surface area contributed by atoms with Gasteiger partial charge in [-0.3, -0.25) is 4.79 Å². The van der Waals surface area contributed by atoms with Crippen molar-refractivity contribution < 1.29 is 9.18 Å². The Hall–Kier alpha value is -1.38. The molecule has 1 fully saturated rings. The van der Waals surface area contributed by atoms with Crippen molar-refractivity contribution in [2.45, 2.75) is 39.7 Å². The molecule has 2 nitrogen and oxygen atoms in total. The molecule has 1 aliphatic rings. The standard InChI is InChI=1S/C15H20FNO/c1-10-6-7-14(16)13(9-10)15(18)17-8-4-5-11(2)12(17)3/h6-7,9,11-12H,4-5,8H2,1-3H3. The zero-order chi connectivity index (χ0) is 13.3. The maximum absolute atomic E-state index is 13.8. The third kappa shape index (κ3) is 2.40. The lowest BCUT2D eigenvalue weighted by atomic mass is 9.91. The summed E-state index contributed by atoms with van der Waals surface area (Å²) in [7, 11) is 0. The topological polar surface area (TPSA) is 20.3 Å². The third-order valence-corrected chi connectivity index (χ3v) is 3.99. The second-order valence-electron chi connectivity index (χ2n) is 5.34. The number of carbonyl (C=O) groups is 1. The first-order chi connectivity index (χ1) is 8.50. The van der Waals surface area contributed by atoms with Crippen molar-refractivity contribution in [3.63, 3.8) is 0 Å². The fourth-order valence-electron chi connectivity index (χ4n) is 2.58. The number of carbonyl (C=O) groups excluding carboxylic acids is 1. The van der Waals surface area contributed by atoms with E-state index in [2.05, 4.69) is 13.8 Å². The first kappa shape index (κ1) is 13.1. The van der Waals surface area contributed by atoms with Crippen LogP contribution in [0.5, 0.6) is 0 Å². The number of nitrogens with zero attached hydrogens (tertiary/aromatic N) is 1. The maximum Gasteiger partial charge on any atom is 0.257 e. The summed E-state index contributed by atoms with van der Waals surface area (Å²) in [6.45, 7) is 6.81. The van der Waals surface area contributed by atoms with Gasteiger partial charge in [0.25, 0.3) is 5.91 Å². The van der Waals surface area contributed by atoms with Crippen LogP contribution in [0.25, 0.3) is 0 Å². The first-order valence-electron chi connectivity index (χ1n) is 6.58. The molecule has 1 aromatic carbocycles. The highest BCUT2D eigenvalue weighted by Gasteiger charge is 2.30. The molecule has 0 aliphatic carbocycles. The van der Waals surface area contributed by atoms with Crippen LogP contribution in [0.4, 0.5) is 4.39 Å². The molecular formula is C15H20FNO. The predicted molar refractivity (Wildman–Crippen MR) is 70.0 cm³/mol. The van der Waals surface area contributed by atoms with Crippen molar-refractivity contribution >= 4 is 5.91 Å². The zero-order valence-electron chi connectivity index (χ0n) is 11.2. The number of hydrogen-bond donors (Lipinski definition) is 0. The van der Waals surface area contributed by atoms with E-state index in [1.807, 2.05) is 11.8 Å². The molecule has 2 rings (SSSR count). The highest BCUT2D eigenvalue weighted by atomic mass is 19.1. The Morgan fingerprint density at radius 2 is 2.11 bits per heavy atom. The van der Waals surface area contributed by atoms with Crippen LogP contribution in [0.1, 0.15) is 42.6 Å². The van der Waals surface area contributed by atoms with Gasteiger partial charge in [-0.25, -0.2) is 4.39 Å². The molecule has 0 spiro atoms. The molecule has 2 atom stereocenters. The molecular weight excluding hydrogens is 229 g/mol. The average molecular weight is 249 g/mol. The fraction of sp³-hybridized carbons (Fsp3) is 0.533. The number of halogens is 1. The molecule has 1 aliphatic heterocycles. The number of amides is 1. The second kappa shape index (κ2) is 5.09. The molecule has 0 radical (unpaired) electrons. The summed E-state index contributed by atoms with van der Waals surface area (Å²) in [5, 5.41) is 0. The Balaban J connectivity index is 2.27. The summed E-state index contributed by atoms with van der Waals surface area (Å²) in [4.78, 5) is 14.2. The minimum Gasteiger partial charge on any atom is -0.336 e. The predicted octanol–water partition coefficient (Wildman–Crippen LogP) is 3.39. The highest BCUT2D eigenvalue weighted by Crippen LogP contribution is 2.25. The van der Waals surface area contributed by atoms with E-state index < -0.39 is 5.82 Å². The smallest absolute Gasteiger partial charge is 0.257 e. The van der Waals surface area contributed by atoms with Gasteiger partial charge in [-0.1, -0.05) is 18.6 Å². The molecule has 98 valence electrons. The zero-order valence-corrected chi connectivity index (χ0v) is 11.2. The van der Waals surface area contributed by atoms with E-state index in [9.17, 15) is 9.18 Å². The number of hydrogen-bond acceptors (Lipinski definition) is 1. The summed E-state index contributed by atoms with van der Waals surface area (Å²) in [6.07, 6.45) is 2.14. The Labute approximate surface area is 108 Å². The Morgan fingerprint density at radius 1 is 1.39 bits per heavy atom. The number of likely N-dealkylation sites (tertiary alicyclic amines) is 1. The lowest BCUT2D eigenvalue weighted by Gasteiger charge is -2.38. The minimum absolute atomic E-state index is 0.171. The van der Waals surface area contributed by atoms with Crippen molar-refractivity contribution in [3.8, 4) is 0 Å². The van der Waals surface area contributed by atoms with Crippen LogP contribution < -0.4 is 0 Å². The molecule has 1 saturated heterocycles. The second-order valence-corrected chi connectivity index (χ2v) is 5.34. The summed E-state index contributed by atoms with van der Waals surface area (Å²) in [5.74, 6) is -0.109. The summed E-state index contributed by atoms with van der Waals surface area (Å²) in [5.41, 5.74) is 1.12. The largest absolute Gasteiger partial charge is 0.336 e. The molecule has 3 heteroatoms. The molecule has 0 N–H and O–H groups in total. The van der Waals surface area contributed by atoms with Gasteiger partial charge >= 0.3 is 0 Å². The van der Waals surface area contributed by atoms with Crippen molar-refractivity contribution in [2.24, 2.45) is 5.92 Å². The van der Waals surface area contributed by atoms with Crippen molar-refractivity contribution in [1.82, 2.24) is 4.90 Å². The normalized spacial score (nSPS) is 24.1. The van der Waals surface area contributed by atoms with Gasteiger partial charge in [-0.05, 0) is 44.7 Å². The summed E-state index contributed by atoms with van der Waals surface area (Å²) < 4.78 is 13.8. The molecule has 1 aromatic rings. The lowest BCUT2D eigenvalue weighted by Crippen LogP contribution is -2.46. The quantitative estimate of drug-likeness (QED) is 0.747. The maximum atomic E-state index is 13.8.